The van der Waals surface area contributed by atoms with Crippen LogP contribution in [0.15, 0.2) is 18.2 Å². The third kappa shape index (κ3) is 4.03. The molecule has 0 amide bonds. The summed E-state index contributed by atoms with van der Waals surface area (Å²) in [6, 6.07) is 5.36. The predicted octanol–water partition coefficient (Wildman–Crippen LogP) is 2.87. The smallest absolute Gasteiger partial charge is 0.124 e. The van der Waals surface area contributed by atoms with Crippen LogP contribution >= 0.6 is 0 Å². The Kier molecular flexibility index (Phi) is 4.53. The van der Waals surface area contributed by atoms with Crippen LogP contribution in [0.2, 0.25) is 0 Å². The number of rotatable bonds is 7. The van der Waals surface area contributed by atoms with Gasteiger partial charge in [0.05, 0.1) is 0 Å². The highest BCUT2D eigenvalue weighted by Gasteiger charge is 2.28. The van der Waals surface area contributed by atoms with Crippen molar-refractivity contribution >= 4 is 5.84 Å². The summed E-state index contributed by atoms with van der Waals surface area (Å²) < 4.78 is 13.5. The van der Waals surface area contributed by atoms with Gasteiger partial charge < -0.3 is 5.73 Å². The number of benzene rings is 1. The zero-order valence-electron chi connectivity index (χ0n) is 11.5. The van der Waals surface area contributed by atoms with E-state index in [9.17, 15) is 4.39 Å². The molecule has 1 aliphatic rings. The van der Waals surface area contributed by atoms with E-state index in [1.165, 1.54) is 31.7 Å². The molecular weight excluding hydrogens is 241 g/mol. The fraction of sp³-hybridized carbons (Fsp3) is 0.533. The summed E-state index contributed by atoms with van der Waals surface area (Å²) in [5, 5.41) is 7.42. The standard InChI is InChI=1S/C15H22FN3/c1-2-3-6-19(14-4-5-14)10-11-7-12(15(17)18)9-13(16)8-11/h7-9,14H,2-6,10H2,1H3,(H3,17,18). The highest BCUT2D eigenvalue weighted by molar-refractivity contribution is 5.95. The van der Waals surface area contributed by atoms with Gasteiger partial charge in [0.25, 0.3) is 0 Å². The fourth-order valence-corrected chi connectivity index (χ4v) is 2.32. The average molecular weight is 263 g/mol. The van der Waals surface area contributed by atoms with Gasteiger partial charge in [0.1, 0.15) is 11.7 Å². The summed E-state index contributed by atoms with van der Waals surface area (Å²) in [5.74, 6) is -0.388. The van der Waals surface area contributed by atoms with Crippen LogP contribution in [-0.4, -0.2) is 23.3 Å². The molecular formula is C15H22FN3. The molecule has 1 fully saturated rings. The zero-order chi connectivity index (χ0) is 13.8. The van der Waals surface area contributed by atoms with E-state index < -0.39 is 0 Å². The first-order chi connectivity index (χ1) is 9.10. The number of nitrogens with two attached hydrogens (primary N) is 1. The van der Waals surface area contributed by atoms with E-state index in [0.29, 0.717) is 11.6 Å². The minimum absolute atomic E-state index is 0.0766. The van der Waals surface area contributed by atoms with Crippen LogP contribution in [0.4, 0.5) is 4.39 Å². The minimum atomic E-state index is -0.311. The second kappa shape index (κ2) is 6.15. The van der Waals surface area contributed by atoms with Crippen molar-refractivity contribution in [2.24, 2.45) is 5.73 Å². The first-order valence-corrected chi connectivity index (χ1v) is 6.98. The van der Waals surface area contributed by atoms with Gasteiger partial charge in [0.2, 0.25) is 0 Å². The van der Waals surface area contributed by atoms with E-state index in [4.69, 9.17) is 11.1 Å². The largest absolute Gasteiger partial charge is 0.384 e. The highest BCUT2D eigenvalue weighted by atomic mass is 19.1. The Morgan fingerprint density at radius 1 is 1.42 bits per heavy atom. The van der Waals surface area contributed by atoms with Gasteiger partial charge >= 0.3 is 0 Å². The molecule has 4 heteroatoms. The molecule has 3 nitrogen and oxygen atoms in total. The van der Waals surface area contributed by atoms with Gasteiger partial charge in [-0.15, -0.1) is 0 Å². The van der Waals surface area contributed by atoms with Gasteiger partial charge in [-0.05, 0) is 49.6 Å². The monoisotopic (exact) mass is 263 g/mol. The van der Waals surface area contributed by atoms with Crippen molar-refractivity contribution in [2.75, 3.05) is 6.54 Å². The lowest BCUT2D eigenvalue weighted by Crippen LogP contribution is -2.27. The number of nitrogens with zero attached hydrogens (tertiary/aromatic N) is 1. The Hall–Kier alpha value is -1.42. The van der Waals surface area contributed by atoms with Gasteiger partial charge in [0, 0.05) is 18.2 Å². The van der Waals surface area contributed by atoms with Crippen molar-refractivity contribution in [3.05, 3.63) is 35.1 Å². The molecule has 0 saturated heterocycles. The van der Waals surface area contributed by atoms with Crippen LogP contribution in [0.3, 0.4) is 0 Å². The van der Waals surface area contributed by atoms with Crippen molar-refractivity contribution < 1.29 is 4.39 Å². The van der Waals surface area contributed by atoms with Crippen LogP contribution in [0.5, 0.6) is 0 Å². The predicted molar refractivity (Wildman–Crippen MR) is 75.8 cm³/mol. The second-order valence-electron chi connectivity index (χ2n) is 5.32. The van der Waals surface area contributed by atoms with Crippen LogP contribution in [0.25, 0.3) is 0 Å². The van der Waals surface area contributed by atoms with E-state index in [0.717, 1.165) is 18.7 Å². The summed E-state index contributed by atoms with van der Waals surface area (Å²) in [5.41, 5.74) is 6.82. The summed E-state index contributed by atoms with van der Waals surface area (Å²) in [7, 11) is 0. The highest BCUT2D eigenvalue weighted by Crippen LogP contribution is 2.28. The number of hydrogen-bond donors (Lipinski definition) is 2. The van der Waals surface area contributed by atoms with Crippen LogP contribution < -0.4 is 5.73 Å². The van der Waals surface area contributed by atoms with E-state index in [1.807, 2.05) is 6.07 Å². The van der Waals surface area contributed by atoms with E-state index in [2.05, 4.69) is 11.8 Å². The molecule has 1 saturated carbocycles. The van der Waals surface area contributed by atoms with E-state index in [1.54, 1.807) is 6.07 Å². The van der Waals surface area contributed by atoms with Gasteiger partial charge in [-0.1, -0.05) is 13.3 Å². The minimum Gasteiger partial charge on any atom is -0.384 e. The maximum Gasteiger partial charge on any atom is 0.124 e. The lowest BCUT2D eigenvalue weighted by Gasteiger charge is -2.22. The van der Waals surface area contributed by atoms with Crippen molar-refractivity contribution in [1.29, 1.82) is 5.41 Å². The molecule has 0 aliphatic heterocycles. The summed E-state index contributed by atoms with van der Waals surface area (Å²) in [4.78, 5) is 2.42. The molecule has 0 bridgehead atoms. The maximum absolute atomic E-state index is 13.5. The quantitative estimate of drug-likeness (QED) is 0.587. The Labute approximate surface area is 114 Å². The Morgan fingerprint density at radius 2 is 2.16 bits per heavy atom. The molecule has 0 atom stereocenters. The molecule has 0 radical (unpaired) electrons. The Bertz CT molecular complexity index is 455. The van der Waals surface area contributed by atoms with Crippen molar-refractivity contribution in [1.82, 2.24) is 4.90 Å². The molecule has 1 aromatic rings. The molecule has 0 unspecified atom stereocenters. The molecule has 0 aromatic heterocycles. The summed E-state index contributed by atoms with van der Waals surface area (Å²) >= 11 is 0. The number of nitrogens with one attached hydrogen (secondary N) is 1. The molecule has 3 N–H and O–H groups in total. The molecule has 1 aromatic carbocycles. The molecule has 19 heavy (non-hydrogen) atoms. The van der Waals surface area contributed by atoms with Crippen LogP contribution in [-0.2, 0) is 6.54 Å². The fourth-order valence-electron chi connectivity index (χ4n) is 2.32. The third-order valence-electron chi connectivity index (χ3n) is 3.52. The van der Waals surface area contributed by atoms with Gasteiger partial charge in [-0.3, -0.25) is 10.3 Å². The number of hydrogen-bond acceptors (Lipinski definition) is 2. The number of halogens is 1. The first kappa shape index (κ1) is 14.0. The lowest BCUT2D eigenvalue weighted by atomic mass is 10.1. The average Bonchev–Trinajstić information content (AvgIpc) is 3.17. The number of unbranched alkanes of at least 4 members (excludes halogenated alkanes) is 1. The normalized spacial score (nSPS) is 14.9. The van der Waals surface area contributed by atoms with Crippen molar-refractivity contribution in [3.63, 3.8) is 0 Å². The number of amidine groups is 1. The topological polar surface area (TPSA) is 53.1 Å². The third-order valence-corrected chi connectivity index (χ3v) is 3.52. The van der Waals surface area contributed by atoms with Crippen molar-refractivity contribution in [2.45, 2.75) is 45.2 Å². The number of nitrogen functional groups attached to an aromatic ring is 1. The SMILES string of the molecule is CCCCN(Cc1cc(F)cc(C(=N)N)c1)C1CC1. The summed E-state index contributed by atoms with van der Waals surface area (Å²) in [6.07, 6.45) is 4.84. The molecule has 0 heterocycles. The zero-order valence-corrected chi connectivity index (χ0v) is 11.5. The Balaban J connectivity index is 2.09. The Morgan fingerprint density at radius 3 is 2.74 bits per heavy atom. The van der Waals surface area contributed by atoms with Crippen LogP contribution in [0, 0.1) is 11.2 Å². The molecule has 1 aliphatic carbocycles. The second-order valence-corrected chi connectivity index (χ2v) is 5.32. The lowest BCUT2D eigenvalue weighted by molar-refractivity contribution is 0.250. The van der Waals surface area contributed by atoms with Crippen LogP contribution in [0.1, 0.15) is 43.7 Å². The van der Waals surface area contributed by atoms with Crippen molar-refractivity contribution in [3.8, 4) is 0 Å². The van der Waals surface area contributed by atoms with E-state index in [-0.39, 0.29) is 11.7 Å². The molecule has 0 spiro atoms. The molecule has 104 valence electrons. The van der Waals surface area contributed by atoms with Gasteiger partial charge in [0.15, 0.2) is 0 Å². The first-order valence-electron chi connectivity index (χ1n) is 6.98. The maximum atomic E-state index is 13.5. The van der Waals surface area contributed by atoms with Gasteiger partial charge in [-0.2, -0.15) is 0 Å². The van der Waals surface area contributed by atoms with Gasteiger partial charge in [-0.25, -0.2) is 4.39 Å². The van der Waals surface area contributed by atoms with E-state index >= 15 is 0 Å². The summed E-state index contributed by atoms with van der Waals surface area (Å²) in [6.45, 7) is 4.00. The molecule has 2 rings (SSSR count).